The molecule has 1 aromatic rings. The number of hydrogen-bond acceptors (Lipinski definition) is 2. The summed E-state index contributed by atoms with van der Waals surface area (Å²) in [4.78, 5) is 2.86. The van der Waals surface area contributed by atoms with E-state index in [0.29, 0.717) is 6.04 Å². The molecule has 0 amide bonds. The van der Waals surface area contributed by atoms with Crippen LogP contribution in [0, 0.1) is 13.8 Å². The van der Waals surface area contributed by atoms with Crippen molar-refractivity contribution in [3.05, 3.63) is 29.3 Å². The number of rotatable bonds is 3. The molecule has 0 spiro atoms. The van der Waals surface area contributed by atoms with E-state index >= 15 is 0 Å². The summed E-state index contributed by atoms with van der Waals surface area (Å²) in [6, 6.07) is 9.44. The Hall–Kier alpha value is -1.13. The molecule has 1 aliphatic carbocycles. The van der Waals surface area contributed by atoms with E-state index in [9.17, 15) is 0 Å². The number of hydrogen-bond donors (Lipinski definition) is 2. The maximum atomic E-state index is 5.58. The molecule has 1 saturated carbocycles. The van der Waals surface area contributed by atoms with Crippen LogP contribution in [0.1, 0.15) is 56.1 Å². The van der Waals surface area contributed by atoms with Crippen LogP contribution >= 0.6 is 12.2 Å². The number of nitrogens with zero attached hydrogens (tertiary/aromatic N) is 1. The van der Waals surface area contributed by atoms with Crippen LogP contribution in [-0.2, 0) is 0 Å². The van der Waals surface area contributed by atoms with Gasteiger partial charge in [0, 0.05) is 29.9 Å². The van der Waals surface area contributed by atoms with Crippen LogP contribution in [0.2, 0.25) is 0 Å². The molecule has 2 atom stereocenters. The average molecular weight is 344 g/mol. The Morgan fingerprint density at radius 3 is 2.33 bits per heavy atom. The highest BCUT2D eigenvalue weighted by molar-refractivity contribution is 7.80. The first-order chi connectivity index (χ1) is 11.6. The topological polar surface area (TPSA) is 27.3 Å². The molecular weight excluding hydrogens is 314 g/mol. The highest BCUT2D eigenvalue weighted by Gasteiger charge is 2.44. The van der Waals surface area contributed by atoms with Gasteiger partial charge < -0.3 is 10.6 Å². The van der Waals surface area contributed by atoms with Crippen molar-refractivity contribution in [1.29, 1.82) is 0 Å². The van der Waals surface area contributed by atoms with Gasteiger partial charge in [-0.1, -0.05) is 12.5 Å². The highest BCUT2D eigenvalue weighted by atomic mass is 32.1. The second-order valence-electron chi connectivity index (χ2n) is 7.98. The fraction of sp³-hybridized carbons (Fsp3) is 0.650. The van der Waals surface area contributed by atoms with Gasteiger partial charge in [0.25, 0.3) is 0 Å². The molecule has 130 valence electrons. The molecule has 2 N–H and O–H groups in total. The Morgan fingerprint density at radius 1 is 1.00 bits per heavy atom. The summed E-state index contributed by atoms with van der Waals surface area (Å²) in [5, 5.41) is 7.76. The minimum Gasteiger partial charge on any atom is -0.360 e. The van der Waals surface area contributed by atoms with Crippen LogP contribution in [-0.4, -0.2) is 34.2 Å². The van der Waals surface area contributed by atoms with Crippen molar-refractivity contribution in [2.24, 2.45) is 0 Å². The minimum atomic E-state index is 0.529. The molecule has 2 heterocycles. The molecule has 24 heavy (non-hydrogen) atoms. The normalized spacial score (nSPS) is 30.0. The van der Waals surface area contributed by atoms with E-state index in [1.54, 1.807) is 0 Å². The van der Waals surface area contributed by atoms with Crippen molar-refractivity contribution >= 4 is 23.0 Å². The molecule has 3 nitrogen and oxygen atoms in total. The van der Waals surface area contributed by atoms with Crippen LogP contribution < -0.4 is 10.6 Å². The van der Waals surface area contributed by atoms with Gasteiger partial charge in [-0.3, -0.25) is 4.90 Å². The highest BCUT2D eigenvalue weighted by Crippen LogP contribution is 2.41. The number of anilines is 1. The standard InChI is InChI=1S/C20H29N3S/c1-13-6-7-15(10-14(13)2)21-20(24)22-16-11-18-4-3-5-19(12-16)23(18)17-8-9-17/h6-7,10,16-19H,3-5,8-9,11-12H2,1-2H3,(H2,21,22,24)/t18-,19-/m1/s1. The molecular formula is C20H29N3S. The summed E-state index contributed by atoms with van der Waals surface area (Å²) in [5.74, 6) is 0. The third-order valence-corrected chi connectivity index (χ3v) is 6.32. The lowest BCUT2D eigenvalue weighted by Gasteiger charge is -2.49. The monoisotopic (exact) mass is 343 g/mol. The molecule has 3 aliphatic rings. The van der Waals surface area contributed by atoms with Gasteiger partial charge in [-0.2, -0.15) is 0 Å². The maximum absolute atomic E-state index is 5.58. The molecule has 0 radical (unpaired) electrons. The molecule has 2 aliphatic heterocycles. The number of nitrogens with one attached hydrogen (secondary N) is 2. The molecule has 2 saturated heterocycles. The summed E-state index contributed by atoms with van der Waals surface area (Å²) in [5.41, 5.74) is 3.71. The van der Waals surface area contributed by atoms with E-state index in [0.717, 1.165) is 28.9 Å². The van der Waals surface area contributed by atoms with Crippen LogP contribution in [0.5, 0.6) is 0 Å². The Labute approximate surface area is 151 Å². The van der Waals surface area contributed by atoms with Gasteiger partial charge in [0.15, 0.2) is 5.11 Å². The number of aryl methyl sites for hydroxylation is 2. The molecule has 4 heteroatoms. The van der Waals surface area contributed by atoms with Crippen LogP contribution in [0.25, 0.3) is 0 Å². The van der Waals surface area contributed by atoms with Gasteiger partial charge in [0.1, 0.15) is 0 Å². The summed E-state index contributed by atoms with van der Waals surface area (Å²) < 4.78 is 0. The molecule has 1 aromatic carbocycles. The summed E-state index contributed by atoms with van der Waals surface area (Å²) in [6.45, 7) is 4.29. The maximum Gasteiger partial charge on any atom is 0.170 e. The van der Waals surface area contributed by atoms with E-state index in [4.69, 9.17) is 12.2 Å². The quantitative estimate of drug-likeness (QED) is 0.807. The molecule has 4 rings (SSSR count). The summed E-state index contributed by atoms with van der Waals surface area (Å²) in [7, 11) is 0. The SMILES string of the molecule is Cc1ccc(NC(=S)NC2C[C@H]3CCC[C@H](C2)N3C2CC2)cc1C. The fourth-order valence-electron chi connectivity index (χ4n) is 4.68. The second-order valence-corrected chi connectivity index (χ2v) is 8.39. The Bertz CT molecular complexity index is 611. The zero-order chi connectivity index (χ0) is 16.7. The molecule has 3 fully saturated rings. The van der Waals surface area contributed by atoms with Gasteiger partial charge in [0.05, 0.1) is 0 Å². The van der Waals surface area contributed by atoms with E-state index in [1.165, 1.54) is 56.1 Å². The first-order valence-corrected chi connectivity index (χ1v) is 9.93. The van der Waals surface area contributed by atoms with Crippen molar-refractivity contribution in [3.8, 4) is 0 Å². The molecule has 0 aromatic heterocycles. The van der Waals surface area contributed by atoms with E-state index in [2.05, 4.69) is 47.6 Å². The predicted octanol–water partition coefficient (Wildman–Crippen LogP) is 4.14. The summed E-state index contributed by atoms with van der Waals surface area (Å²) in [6.07, 6.45) is 9.53. The summed E-state index contributed by atoms with van der Waals surface area (Å²) >= 11 is 5.58. The lowest BCUT2D eigenvalue weighted by Crippen LogP contribution is -2.57. The van der Waals surface area contributed by atoms with Crippen molar-refractivity contribution in [1.82, 2.24) is 10.2 Å². The van der Waals surface area contributed by atoms with Crippen molar-refractivity contribution < 1.29 is 0 Å². The zero-order valence-electron chi connectivity index (χ0n) is 14.8. The van der Waals surface area contributed by atoms with Gasteiger partial charge >= 0.3 is 0 Å². The molecule has 0 unspecified atom stereocenters. The largest absolute Gasteiger partial charge is 0.360 e. The third kappa shape index (κ3) is 3.45. The van der Waals surface area contributed by atoms with Crippen LogP contribution in [0.4, 0.5) is 5.69 Å². The minimum absolute atomic E-state index is 0.529. The lowest BCUT2D eigenvalue weighted by atomic mass is 9.81. The van der Waals surface area contributed by atoms with E-state index in [1.807, 2.05) is 0 Å². The number of fused-ring (bicyclic) bond motifs is 2. The first kappa shape index (κ1) is 16.3. The predicted molar refractivity (Wildman–Crippen MR) is 105 cm³/mol. The second kappa shape index (κ2) is 6.64. The van der Waals surface area contributed by atoms with Gasteiger partial charge in [0.2, 0.25) is 0 Å². The Morgan fingerprint density at radius 2 is 1.71 bits per heavy atom. The smallest absolute Gasteiger partial charge is 0.170 e. The van der Waals surface area contributed by atoms with E-state index < -0.39 is 0 Å². The van der Waals surface area contributed by atoms with Gasteiger partial charge in [-0.25, -0.2) is 0 Å². The average Bonchev–Trinajstić information content (AvgIpc) is 3.34. The van der Waals surface area contributed by atoms with Crippen molar-refractivity contribution in [2.75, 3.05) is 5.32 Å². The van der Waals surface area contributed by atoms with Crippen LogP contribution in [0.3, 0.4) is 0 Å². The molecule has 2 bridgehead atoms. The Kier molecular flexibility index (Phi) is 4.52. The Balaban J connectivity index is 1.35. The van der Waals surface area contributed by atoms with Crippen molar-refractivity contribution in [3.63, 3.8) is 0 Å². The zero-order valence-corrected chi connectivity index (χ0v) is 15.7. The lowest BCUT2D eigenvalue weighted by molar-refractivity contribution is 0.0209. The van der Waals surface area contributed by atoms with Gasteiger partial charge in [-0.05, 0) is 87.8 Å². The fourth-order valence-corrected chi connectivity index (χ4v) is 4.96. The first-order valence-electron chi connectivity index (χ1n) is 9.52. The van der Waals surface area contributed by atoms with E-state index in [-0.39, 0.29) is 0 Å². The number of piperidine rings is 2. The van der Waals surface area contributed by atoms with Gasteiger partial charge in [-0.15, -0.1) is 0 Å². The van der Waals surface area contributed by atoms with Crippen LogP contribution in [0.15, 0.2) is 18.2 Å². The number of thiocarbonyl (C=S) groups is 1. The third-order valence-electron chi connectivity index (χ3n) is 6.10. The number of benzene rings is 1. The van der Waals surface area contributed by atoms with Crippen molar-refractivity contribution in [2.45, 2.75) is 83.0 Å².